The molecule has 19 heavy (non-hydrogen) atoms. The summed E-state index contributed by atoms with van der Waals surface area (Å²) in [5.41, 5.74) is 7.69. The largest absolute Gasteiger partial charge is 0.389 e. The van der Waals surface area contributed by atoms with Crippen LogP contribution in [0.3, 0.4) is 0 Å². The summed E-state index contributed by atoms with van der Waals surface area (Å²) >= 11 is 5.11. The molecule has 0 fully saturated rings. The molecule has 1 unspecified atom stereocenters. The van der Waals surface area contributed by atoms with E-state index < -0.39 is 0 Å². The number of aromatic nitrogens is 1. The topological polar surface area (TPSA) is 54.2 Å². The number of nitrogens with zero attached hydrogens (tertiary/aromatic N) is 2. The zero-order chi connectivity index (χ0) is 14.4. The molecule has 0 aliphatic carbocycles. The van der Waals surface area contributed by atoms with Gasteiger partial charge in [0.15, 0.2) is 0 Å². The summed E-state index contributed by atoms with van der Waals surface area (Å²) < 4.78 is 0. The normalized spacial score (nSPS) is 12.5. The van der Waals surface area contributed by atoms with E-state index in [4.69, 9.17) is 18.0 Å². The summed E-state index contributed by atoms with van der Waals surface area (Å²) in [4.78, 5) is 7.12. The van der Waals surface area contributed by atoms with Crippen molar-refractivity contribution in [3.8, 4) is 0 Å². The van der Waals surface area contributed by atoms with Gasteiger partial charge in [0.25, 0.3) is 0 Å². The second-order valence-electron chi connectivity index (χ2n) is 4.75. The van der Waals surface area contributed by atoms with Gasteiger partial charge in [-0.2, -0.15) is 0 Å². The molecule has 106 valence electrons. The van der Waals surface area contributed by atoms with Gasteiger partial charge in [0.1, 0.15) is 10.8 Å². The number of hydrogen-bond acceptors (Lipinski definition) is 4. The minimum Gasteiger partial charge on any atom is -0.389 e. The Bertz CT molecular complexity index is 429. The van der Waals surface area contributed by atoms with Crippen LogP contribution in [0.4, 0.5) is 5.82 Å². The van der Waals surface area contributed by atoms with Gasteiger partial charge in [0.2, 0.25) is 0 Å². The highest BCUT2D eigenvalue weighted by Gasteiger charge is 2.13. The van der Waals surface area contributed by atoms with E-state index in [9.17, 15) is 0 Å². The first-order chi connectivity index (χ1) is 8.99. The first-order valence-electron chi connectivity index (χ1n) is 6.73. The third-order valence-corrected chi connectivity index (χ3v) is 3.42. The van der Waals surface area contributed by atoms with Crippen molar-refractivity contribution in [2.75, 3.05) is 25.0 Å². The standard InChI is InChI=1S/C14H24N4S/c1-5-18(6-2)9-11(4)17-14-12(13(15)19)10(3)7-8-16-14/h7-8,11H,5-6,9H2,1-4H3,(H2,15,19)(H,16,17). The minimum atomic E-state index is 0.294. The smallest absolute Gasteiger partial charge is 0.136 e. The average Bonchev–Trinajstić information content (AvgIpc) is 2.35. The van der Waals surface area contributed by atoms with Gasteiger partial charge >= 0.3 is 0 Å². The van der Waals surface area contributed by atoms with Crippen molar-refractivity contribution in [1.29, 1.82) is 0 Å². The Kier molecular flexibility index (Phi) is 6.18. The number of anilines is 1. The highest BCUT2D eigenvalue weighted by Crippen LogP contribution is 2.17. The number of likely N-dealkylation sites (N-methyl/N-ethyl adjacent to an activating group) is 1. The fraction of sp³-hybridized carbons (Fsp3) is 0.571. The molecule has 1 aromatic rings. The van der Waals surface area contributed by atoms with Gasteiger partial charge in [-0.25, -0.2) is 4.98 Å². The molecule has 0 saturated carbocycles. The van der Waals surface area contributed by atoms with Crippen LogP contribution < -0.4 is 11.1 Å². The summed E-state index contributed by atoms with van der Waals surface area (Å²) in [6, 6.07) is 2.22. The van der Waals surface area contributed by atoms with Gasteiger partial charge in [0, 0.05) is 18.8 Å². The van der Waals surface area contributed by atoms with Crippen LogP contribution in [0.5, 0.6) is 0 Å². The molecule has 0 amide bonds. The van der Waals surface area contributed by atoms with E-state index in [0.29, 0.717) is 11.0 Å². The Morgan fingerprint density at radius 3 is 2.63 bits per heavy atom. The van der Waals surface area contributed by atoms with Gasteiger partial charge in [-0.15, -0.1) is 0 Å². The highest BCUT2D eigenvalue weighted by molar-refractivity contribution is 7.80. The molecule has 4 nitrogen and oxygen atoms in total. The molecule has 3 N–H and O–H groups in total. The number of thiocarbonyl (C=S) groups is 1. The molecule has 0 bridgehead atoms. The lowest BCUT2D eigenvalue weighted by molar-refractivity contribution is 0.294. The molecule has 0 aliphatic rings. The number of hydrogen-bond donors (Lipinski definition) is 2. The third kappa shape index (κ3) is 4.44. The van der Waals surface area contributed by atoms with E-state index in [0.717, 1.165) is 36.6 Å². The van der Waals surface area contributed by atoms with E-state index in [-0.39, 0.29) is 0 Å². The van der Waals surface area contributed by atoms with Crippen LogP contribution in [-0.4, -0.2) is 40.5 Å². The molecule has 1 rings (SSSR count). The Morgan fingerprint density at radius 1 is 1.47 bits per heavy atom. The maximum absolute atomic E-state index is 5.79. The van der Waals surface area contributed by atoms with Gasteiger partial charge in [-0.05, 0) is 38.6 Å². The Hall–Kier alpha value is -1.20. The summed E-state index contributed by atoms with van der Waals surface area (Å²) in [7, 11) is 0. The van der Waals surface area contributed by atoms with Crippen LogP contribution >= 0.6 is 12.2 Å². The first kappa shape index (κ1) is 15.9. The lowest BCUT2D eigenvalue weighted by atomic mass is 10.1. The summed E-state index contributed by atoms with van der Waals surface area (Å²) in [5.74, 6) is 0.784. The molecule has 1 atom stereocenters. The Balaban J connectivity index is 2.82. The van der Waals surface area contributed by atoms with Crippen LogP contribution in [-0.2, 0) is 0 Å². The second-order valence-corrected chi connectivity index (χ2v) is 5.19. The van der Waals surface area contributed by atoms with Crippen molar-refractivity contribution in [2.24, 2.45) is 5.73 Å². The minimum absolute atomic E-state index is 0.294. The van der Waals surface area contributed by atoms with Crippen molar-refractivity contribution in [3.63, 3.8) is 0 Å². The number of rotatable bonds is 7. The van der Waals surface area contributed by atoms with Crippen LogP contribution in [0.2, 0.25) is 0 Å². The maximum atomic E-state index is 5.79. The first-order valence-corrected chi connectivity index (χ1v) is 7.14. The van der Waals surface area contributed by atoms with E-state index in [1.165, 1.54) is 0 Å². The Labute approximate surface area is 121 Å². The highest BCUT2D eigenvalue weighted by atomic mass is 32.1. The summed E-state index contributed by atoms with van der Waals surface area (Å²) in [5, 5.41) is 3.41. The molecule has 1 heterocycles. The van der Waals surface area contributed by atoms with E-state index in [1.54, 1.807) is 6.20 Å². The molecular formula is C14H24N4S. The quantitative estimate of drug-likeness (QED) is 0.750. The molecule has 5 heteroatoms. The molecule has 0 radical (unpaired) electrons. The molecule has 0 aromatic carbocycles. The molecule has 0 aliphatic heterocycles. The van der Waals surface area contributed by atoms with Crippen LogP contribution in [0, 0.1) is 6.92 Å². The Morgan fingerprint density at radius 2 is 2.11 bits per heavy atom. The monoisotopic (exact) mass is 280 g/mol. The molecule has 0 spiro atoms. The van der Waals surface area contributed by atoms with Gasteiger partial charge < -0.3 is 16.0 Å². The zero-order valence-electron chi connectivity index (χ0n) is 12.2. The van der Waals surface area contributed by atoms with Crippen LogP contribution in [0.25, 0.3) is 0 Å². The lowest BCUT2D eigenvalue weighted by Gasteiger charge is -2.24. The number of aryl methyl sites for hydroxylation is 1. The van der Waals surface area contributed by atoms with Crippen LogP contribution in [0.15, 0.2) is 12.3 Å². The van der Waals surface area contributed by atoms with Crippen molar-refractivity contribution in [1.82, 2.24) is 9.88 Å². The van der Waals surface area contributed by atoms with Crippen LogP contribution in [0.1, 0.15) is 31.9 Å². The van der Waals surface area contributed by atoms with Gasteiger partial charge in [0.05, 0.1) is 5.56 Å². The van der Waals surface area contributed by atoms with E-state index >= 15 is 0 Å². The predicted molar refractivity (Wildman–Crippen MR) is 85.7 cm³/mol. The summed E-state index contributed by atoms with van der Waals surface area (Å²) in [6.07, 6.45) is 1.78. The van der Waals surface area contributed by atoms with Crippen molar-refractivity contribution < 1.29 is 0 Å². The van der Waals surface area contributed by atoms with Crippen molar-refractivity contribution >= 4 is 23.0 Å². The van der Waals surface area contributed by atoms with E-state index in [1.807, 2.05) is 13.0 Å². The zero-order valence-corrected chi connectivity index (χ0v) is 13.0. The maximum Gasteiger partial charge on any atom is 0.136 e. The van der Waals surface area contributed by atoms with Gasteiger partial charge in [-0.1, -0.05) is 26.1 Å². The molecule has 1 aromatic heterocycles. The predicted octanol–water partition coefficient (Wildman–Crippen LogP) is 2.17. The second kappa shape index (κ2) is 7.40. The molecule has 0 saturated heterocycles. The fourth-order valence-corrected chi connectivity index (χ4v) is 2.38. The fourth-order valence-electron chi connectivity index (χ4n) is 2.13. The van der Waals surface area contributed by atoms with Gasteiger partial charge in [-0.3, -0.25) is 0 Å². The number of pyridine rings is 1. The number of nitrogens with two attached hydrogens (primary N) is 1. The van der Waals surface area contributed by atoms with E-state index in [2.05, 4.69) is 36.0 Å². The SMILES string of the molecule is CCN(CC)CC(C)Nc1nccc(C)c1C(N)=S. The lowest BCUT2D eigenvalue weighted by Crippen LogP contribution is -2.35. The average molecular weight is 280 g/mol. The van der Waals surface area contributed by atoms with Crippen molar-refractivity contribution in [2.45, 2.75) is 33.7 Å². The van der Waals surface area contributed by atoms with Crippen molar-refractivity contribution in [3.05, 3.63) is 23.4 Å². The molecular weight excluding hydrogens is 256 g/mol. The number of nitrogens with one attached hydrogen (secondary N) is 1. The summed E-state index contributed by atoms with van der Waals surface area (Å²) in [6.45, 7) is 11.5. The third-order valence-electron chi connectivity index (χ3n) is 3.22.